The van der Waals surface area contributed by atoms with E-state index in [2.05, 4.69) is 10.3 Å². The molecule has 9 nitrogen and oxygen atoms in total. The van der Waals surface area contributed by atoms with Crippen LogP contribution in [0.5, 0.6) is 5.75 Å². The number of fused-ring (bicyclic) bond motifs is 1. The molecule has 0 atom stereocenters. The zero-order chi connectivity index (χ0) is 18.7. The van der Waals surface area contributed by atoms with Gasteiger partial charge in [-0.25, -0.2) is 4.79 Å². The summed E-state index contributed by atoms with van der Waals surface area (Å²) >= 11 is 0. The van der Waals surface area contributed by atoms with Crippen LogP contribution >= 0.6 is 0 Å². The fourth-order valence-electron chi connectivity index (χ4n) is 2.60. The first kappa shape index (κ1) is 17.2. The number of anilines is 1. The summed E-state index contributed by atoms with van der Waals surface area (Å²) in [6.07, 6.45) is 1.58. The largest absolute Gasteiger partial charge is 0.496 e. The van der Waals surface area contributed by atoms with Crippen molar-refractivity contribution in [1.82, 2.24) is 9.38 Å². The van der Waals surface area contributed by atoms with Crippen molar-refractivity contribution in [2.75, 3.05) is 19.5 Å². The molecule has 26 heavy (non-hydrogen) atoms. The van der Waals surface area contributed by atoms with E-state index in [9.17, 15) is 14.9 Å². The first-order valence-electron chi connectivity index (χ1n) is 7.65. The average molecular weight is 356 g/mol. The van der Waals surface area contributed by atoms with Gasteiger partial charge >= 0.3 is 11.8 Å². The van der Waals surface area contributed by atoms with Gasteiger partial charge in [0.2, 0.25) is 11.5 Å². The number of esters is 1. The molecule has 0 unspecified atom stereocenters. The van der Waals surface area contributed by atoms with Gasteiger partial charge in [0.25, 0.3) is 0 Å². The monoisotopic (exact) mass is 356 g/mol. The van der Waals surface area contributed by atoms with Gasteiger partial charge in [-0.2, -0.15) is 9.38 Å². The number of rotatable bonds is 6. The molecule has 9 heteroatoms. The first-order chi connectivity index (χ1) is 12.5. The summed E-state index contributed by atoms with van der Waals surface area (Å²) < 4.78 is 11.3. The van der Waals surface area contributed by atoms with Crippen LogP contribution in [0.1, 0.15) is 15.9 Å². The number of nitrogens with one attached hydrogen (secondary N) is 1. The minimum atomic E-state index is -0.526. The molecule has 0 aliphatic heterocycles. The van der Waals surface area contributed by atoms with Crippen LogP contribution in [0.15, 0.2) is 42.6 Å². The number of hydrogen-bond donors (Lipinski definition) is 1. The number of imidazole rings is 1. The van der Waals surface area contributed by atoms with Crippen molar-refractivity contribution in [3.8, 4) is 5.75 Å². The molecule has 0 bridgehead atoms. The third kappa shape index (κ3) is 3.14. The second kappa shape index (κ2) is 7.09. The van der Waals surface area contributed by atoms with E-state index >= 15 is 0 Å². The van der Waals surface area contributed by atoms with E-state index in [1.54, 1.807) is 42.6 Å². The lowest BCUT2D eigenvalue weighted by molar-refractivity contribution is -0.389. The molecule has 0 saturated heterocycles. The van der Waals surface area contributed by atoms with Crippen LogP contribution in [0.25, 0.3) is 5.65 Å². The summed E-state index contributed by atoms with van der Waals surface area (Å²) in [7, 11) is 2.74. The van der Waals surface area contributed by atoms with Crippen LogP contribution in [0.3, 0.4) is 0 Å². The molecule has 1 N–H and O–H groups in total. The number of nitrogens with zero attached hydrogens (tertiary/aromatic N) is 3. The third-order valence-electron chi connectivity index (χ3n) is 3.81. The summed E-state index contributed by atoms with van der Waals surface area (Å²) in [5.41, 5.74) is 1.46. The predicted molar refractivity (Wildman–Crippen MR) is 93.5 cm³/mol. The molecule has 0 aliphatic carbocycles. The third-order valence-corrected chi connectivity index (χ3v) is 3.81. The molecule has 0 amide bonds. The van der Waals surface area contributed by atoms with E-state index in [0.29, 0.717) is 11.4 Å². The maximum atomic E-state index is 11.9. The van der Waals surface area contributed by atoms with Crippen LogP contribution in [-0.2, 0) is 11.3 Å². The van der Waals surface area contributed by atoms with Crippen molar-refractivity contribution in [2.45, 2.75) is 6.54 Å². The molecule has 2 heterocycles. The first-order valence-corrected chi connectivity index (χ1v) is 7.65. The van der Waals surface area contributed by atoms with E-state index in [1.807, 2.05) is 0 Å². The SMILES string of the molecule is COC(=O)c1cc(CNc2nc3ccccn3c2[N+](=O)[O-])ccc1OC. The van der Waals surface area contributed by atoms with Gasteiger partial charge < -0.3 is 24.9 Å². The summed E-state index contributed by atoms with van der Waals surface area (Å²) in [5, 5.41) is 14.4. The van der Waals surface area contributed by atoms with Crippen LogP contribution < -0.4 is 10.1 Å². The van der Waals surface area contributed by atoms with Crippen LogP contribution in [0.4, 0.5) is 11.6 Å². The van der Waals surface area contributed by atoms with Gasteiger partial charge in [-0.15, -0.1) is 0 Å². The smallest absolute Gasteiger partial charge is 0.372 e. The number of carbonyl (C=O) groups excluding carboxylic acids is 1. The minimum Gasteiger partial charge on any atom is -0.496 e. The summed E-state index contributed by atoms with van der Waals surface area (Å²) in [6.45, 7) is 0.235. The predicted octanol–water partition coefficient (Wildman–Crippen LogP) is 2.65. The van der Waals surface area contributed by atoms with E-state index in [1.165, 1.54) is 18.6 Å². The minimum absolute atomic E-state index is 0.150. The number of carbonyl (C=O) groups is 1. The van der Waals surface area contributed by atoms with Crippen LogP contribution in [0, 0.1) is 10.1 Å². The van der Waals surface area contributed by atoms with Crippen molar-refractivity contribution < 1.29 is 19.2 Å². The van der Waals surface area contributed by atoms with Gasteiger partial charge in [0.1, 0.15) is 11.3 Å². The highest BCUT2D eigenvalue weighted by atomic mass is 16.6. The maximum Gasteiger partial charge on any atom is 0.372 e. The molecule has 3 aromatic rings. The zero-order valence-electron chi connectivity index (χ0n) is 14.1. The van der Waals surface area contributed by atoms with E-state index in [-0.39, 0.29) is 23.7 Å². The molecular formula is C17H16N4O5. The van der Waals surface area contributed by atoms with Crippen LogP contribution in [0.2, 0.25) is 0 Å². The normalized spacial score (nSPS) is 10.5. The second-order valence-electron chi connectivity index (χ2n) is 5.35. The molecule has 2 aromatic heterocycles. The number of methoxy groups -OCH3 is 2. The second-order valence-corrected chi connectivity index (χ2v) is 5.35. The van der Waals surface area contributed by atoms with Crippen molar-refractivity contribution in [3.05, 3.63) is 63.8 Å². The van der Waals surface area contributed by atoms with Gasteiger partial charge in [0.05, 0.1) is 20.4 Å². The highest BCUT2D eigenvalue weighted by Gasteiger charge is 2.22. The van der Waals surface area contributed by atoms with E-state index in [4.69, 9.17) is 9.47 Å². The number of pyridine rings is 1. The number of nitro groups is 1. The Kier molecular flexibility index (Phi) is 4.70. The standard InChI is InChI=1S/C17H16N4O5/c1-25-13-7-6-11(9-12(13)17(22)26-2)10-18-15-16(21(23)24)20-8-4-3-5-14(20)19-15/h3-9,18H,10H2,1-2H3. The number of ether oxygens (including phenoxy) is 2. The van der Waals surface area contributed by atoms with Crippen LogP contribution in [-0.4, -0.2) is 34.5 Å². The van der Waals surface area contributed by atoms with E-state index < -0.39 is 10.9 Å². The molecule has 3 rings (SSSR count). The molecule has 0 radical (unpaired) electrons. The Bertz CT molecular complexity index is 982. The molecule has 134 valence electrons. The fourth-order valence-corrected chi connectivity index (χ4v) is 2.60. The van der Waals surface area contributed by atoms with Gasteiger partial charge in [0.15, 0.2) is 0 Å². The van der Waals surface area contributed by atoms with Crippen molar-refractivity contribution >= 4 is 23.3 Å². The van der Waals surface area contributed by atoms with Crippen molar-refractivity contribution in [2.24, 2.45) is 0 Å². The van der Waals surface area contributed by atoms with Crippen molar-refractivity contribution in [3.63, 3.8) is 0 Å². The highest BCUT2D eigenvalue weighted by Crippen LogP contribution is 2.26. The Balaban J connectivity index is 1.90. The number of benzene rings is 1. The lowest BCUT2D eigenvalue weighted by Gasteiger charge is -2.09. The lowest BCUT2D eigenvalue weighted by atomic mass is 10.1. The lowest BCUT2D eigenvalue weighted by Crippen LogP contribution is -2.07. The molecular weight excluding hydrogens is 340 g/mol. The molecule has 0 spiro atoms. The quantitative estimate of drug-likeness (QED) is 0.411. The van der Waals surface area contributed by atoms with Gasteiger partial charge in [-0.1, -0.05) is 12.1 Å². The summed E-state index contributed by atoms with van der Waals surface area (Å²) in [6, 6.07) is 10.1. The van der Waals surface area contributed by atoms with Gasteiger partial charge in [-0.3, -0.25) is 0 Å². The summed E-state index contributed by atoms with van der Waals surface area (Å²) in [4.78, 5) is 27.0. The Labute approximate surface area is 148 Å². The van der Waals surface area contributed by atoms with Crippen molar-refractivity contribution in [1.29, 1.82) is 0 Å². The van der Waals surface area contributed by atoms with Gasteiger partial charge in [-0.05, 0) is 28.7 Å². The maximum absolute atomic E-state index is 11.9. The number of hydrogen-bond acceptors (Lipinski definition) is 7. The molecule has 1 aromatic carbocycles. The topological polar surface area (TPSA) is 108 Å². The zero-order valence-corrected chi connectivity index (χ0v) is 14.1. The Morgan fingerprint density at radius 3 is 2.81 bits per heavy atom. The Morgan fingerprint density at radius 1 is 1.31 bits per heavy atom. The van der Waals surface area contributed by atoms with Gasteiger partial charge in [0, 0.05) is 12.6 Å². The Hall–Kier alpha value is -3.62. The molecule has 0 fully saturated rings. The van der Waals surface area contributed by atoms with E-state index in [0.717, 1.165) is 5.56 Å². The summed E-state index contributed by atoms with van der Waals surface area (Å²) in [5.74, 6) is -0.138. The fraction of sp³-hybridized carbons (Fsp3) is 0.176. The number of aromatic nitrogens is 2. The Morgan fingerprint density at radius 2 is 2.12 bits per heavy atom. The highest BCUT2D eigenvalue weighted by molar-refractivity contribution is 5.92. The molecule has 0 saturated carbocycles. The molecule has 0 aliphatic rings. The average Bonchev–Trinajstić information content (AvgIpc) is 3.04.